The van der Waals surface area contributed by atoms with E-state index in [1.54, 1.807) is 12.1 Å². The summed E-state index contributed by atoms with van der Waals surface area (Å²) in [7, 11) is 0. The highest BCUT2D eigenvalue weighted by atomic mass is 32.1. The van der Waals surface area contributed by atoms with Crippen molar-refractivity contribution in [3.63, 3.8) is 0 Å². The Morgan fingerprint density at radius 3 is 3.00 bits per heavy atom. The van der Waals surface area contributed by atoms with Crippen LogP contribution < -0.4 is 4.74 Å². The minimum atomic E-state index is -0.548. The molecule has 1 rings (SSSR count). The Labute approximate surface area is 93.0 Å². The van der Waals surface area contributed by atoms with Gasteiger partial charge in [0.05, 0.1) is 6.61 Å². The quantitative estimate of drug-likeness (QED) is 0.350. The van der Waals surface area contributed by atoms with Crippen LogP contribution in [0.5, 0.6) is 5.75 Å². The number of nitrogens with zero attached hydrogens (tertiary/aromatic N) is 2. The SMILES string of the molecule is O=[N+]([O-])c1ncccc1OCCCCS. The lowest BCUT2D eigenvalue weighted by Crippen LogP contribution is -2.02. The first-order valence-electron chi connectivity index (χ1n) is 4.58. The largest absolute Gasteiger partial charge is 0.486 e. The van der Waals surface area contributed by atoms with Gasteiger partial charge in [-0.2, -0.15) is 12.6 Å². The van der Waals surface area contributed by atoms with E-state index in [1.165, 1.54) is 6.20 Å². The Balaban J connectivity index is 2.56. The average molecular weight is 228 g/mol. The van der Waals surface area contributed by atoms with Gasteiger partial charge in [-0.15, -0.1) is 0 Å². The van der Waals surface area contributed by atoms with Crippen molar-refractivity contribution in [3.8, 4) is 5.75 Å². The van der Waals surface area contributed by atoms with Crippen LogP contribution in [-0.4, -0.2) is 22.3 Å². The summed E-state index contributed by atoms with van der Waals surface area (Å²) in [4.78, 5) is 13.7. The number of unbranched alkanes of at least 4 members (excludes halogenated alkanes) is 1. The average Bonchev–Trinajstić information content (AvgIpc) is 2.25. The van der Waals surface area contributed by atoms with Gasteiger partial charge in [0.15, 0.2) is 0 Å². The molecule has 0 fully saturated rings. The Hall–Kier alpha value is -1.30. The van der Waals surface area contributed by atoms with Gasteiger partial charge in [0.2, 0.25) is 5.75 Å². The predicted octanol–water partition coefficient (Wildman–Crippen LogP) is 2.08. The fraction of sp³-hybridized carbons (Fsp3) is 0.444. The number of hydrogen-bond donors (Lipinski definition) is 1. The molecule has 0 radical (unpaired) electrons. The van der Waals surface area contributed by atoms with Crippen molar-refractivity contribution in [1.82, 2.24) is 4.98 Å². The number of pyridine rings is 1. The molecule has 5 nitrogen and oxygen atoms in total. The second-order valence-corrected chi connectivity index (χ2v) is 3.31. The van der Waals surface area contributed by atoms with Gasteiger partial charge in [-0.3, -0.25) is 0 Å². The molecule has 0 aliphatic rings. The van der Waals surface area contributed by atoms with Gasteiger partial charge in [0.25, 0.3) is 0 Å². The minimum Gasteiger partial charge on any atom is -0.486 e. The molecule has 0 aromatic carbocycles. The van der Waals surface area contributed by atoms with Crippen LogP contribution >= 0.6 is 12.6 Å². The third-order valence-electron chi connectivity index (χ3n) is 1.73. The highest BCUT2D eigenvalue weighted by molar-refractivity contribution is 7.80. The van der Waals surface area contributed by atoms with Crippen LogP contribution in [0.15, 0.2) is 18.3 Å². The van der Waals surface area contributed by atoms with E-state index >= 15 is 0 Å². The van der Waals surface area contributed by atoms with Gasteiger partial charge in [-0.1, -0.05) is 0 Å². The van der Waals surface area contributed by atoms with Gasteiger partial charge in [0.1, 0.15) is 6.20 Å². The third-order valence-corrected chi connectivity index (χ3v) is 2.05. The van der Waals surface area contributed by atoms with E-state index in [4.69, 9.17) is 4.74 Å². The number of rotatable bonds is 6. The molecule has 1 heterocycles. The van der Waals surface area contributed by atoms with Gasteiger partial charge in [-0.25, -0.2) is 0 Å². The first kappa shape index (κ1) is 11.8. The fourth-order valence-electron chi connectivity index (χ4n) is 1.03. The molecule has 0 aliphatic carbocycles. The highest BCUT2D eigenvalue weighted by Crippen LogP contribution is 2.22. The molecule has 1 aromatic heterocycles. The zero-order chi connectivity index (χ0) is 11.1. The molecule has 0 spiro atoms. The summed E-state index contributed by atoms with van der Waals surface area (Å²) in [5, 5.41) is 10.6. The Bertz CT molecular complexity index is 333. The molecule has 0 N–H and O–H groups in total. The molecule has 0 aliphatic heterocycles. The zero-order valence-corrected chi connectivity index (χ0v) is 9.02. The normalized spacial score (nSPS) is 9.93. The summed E-state index contributed by atoms with van der Waals surface area (Å²) in [6.07, 6.45) is 3.13. The van der Waals surface area contributed by atoms with Crippen molar-refractivity contribution in [2.45, 2.75) is 12.8 Å². The van der Waals surface area contributed by atoms with Gasteiger partial charge in [0, 0.05) is 0 Å². The number of hydrogen-bond acceptors (Lipinski definition) is 5. The number of thiol groups is 1. The Morgan fingerprint density at radius 1 is 1.53 bits per heavy atom. The van der Waals surface area contributed by atoms with Crippen LogP contribution in [0.3, 0.4) is 0 Å². The molecule has 0 bridgehead atoms. The molecule has 6 heteroatoms. The maximum atomic E-state index is 10.6. The summed E-state index contributed by atoms with van der Waals surface area (Å²) in [6, 6.07) is 3.16. The molecule has 0 saturated carbocycles. The van der Waals surface area contributed by atoms with E-state index in [9.17, 15) is 10.1 Å². The number of nitro groups is 1. The van der Waals surface area contributed by atoms with Crippen molar-refractivity contribution in [1.29, 1.82) is 0 Å². The van der Waals surface area contributed by atoms with Crippen molar-refractivity contribution in [2.24, 2.45) is 0 Å². The van der Waals surface area contributed by atoms with E-state index < -0.39 is 4.92 Å². The van der Waals surface area contributed by atoms with E-state index in [1.807, 2.05) is 0 Å². The van der Waals surface area contributed by atoms with E-state index in [0.717, 1.165) is 18.6 Å². The summed E-state index contributed by atoms with van der Waals surface area (Å²) >= 11 is 4.06. The van der Waals surface area contributed by atoms with Crippen LogP contribution in [-0.2, 0) is 0 Å². The summed E-state index contributed by atoms with van der Waals surface area (Å²) in [6.45, 7) is 0.451. The van der Waals surface area contributed by atoms with Crippen LogP contribution in [0.1, 0.15) is 12.8 Å². The standard InChI is InChI=1S/C9H12N2O3S/c12-11(13)9-8(4-3-5-10-9)14-6-1-2-7-15/h3-5,15H,1-2,6-7H2. The summed E-state index contributed by atoms with van der Waals surface area (Å²) < 4.78 is 5.26. The summed E-state index contributed by atoms with van der Waals surface area (Å²) in [5.74, 6) is 0.781. The lowest BCUT2D eigenvalue weighted by molar-refractivity contribution is -0.390. The molecular formula is C9H12N2O3S. The summed E-state index contributed by atoms with van der Waals surface area (Å²) in [5.41, 5.74) is 0. The number of aromatic nitrogens is 1. The van der Waals surface area contributed by atoms with Crippen LogP contribution in [0.25, 0.3) is 0 Å². The maximum Gasteiger partial charge on any atom is 0.406 e. The van der Waals surface area contributed by atoms with Gasteiger partial charge < -0.3 is 14.9 Å². The third kappa shape index (κ3) is 3.75. The maximum absolute atomic E-state index is 10.6. The monoisotopic (exact) mass is 228 g/mol. The second-order valence-electron chi connectivity index (χ2n) is 2.86. The molecular weight excluding hydrogens is 216 g/mol. The first-order valence-corrected chi connectivity index (χ1v) is 5.22. The van der Waals surface area contributed by atoms with Crippen molar-refractivity contribution >= 4 is 18.4 Å². The van der Waals surface area contributed by atoms with Crippen LogP contribution in [0, 0.1) is 10.1 Å². The molecule has 0 atom stereocenters. The van der Waals surface area contributed by atoms with Gasteiger partial charge >= 0.3 is 5.82 Å². The van der Waals surface area contributed by atoms with Crippen molar-refractivity contribution < 1.29 is 9.66 Å². The predicted molar refractivity (Wildman–Crippen MR) is 59.5 cm³/mol. The molecule has 1 aromatic rings. The minimum absolute atomic E-state index is 0.224. The first-order chi connectivity index (χ1) is 7.25. The van der Waals surface area contributed by atoms with E-state index in [-0.39, 0.29) is 11.6 Å². The topological polar surface area (TPSA) is 65.3 Å². The molecule has 0 amide bonds. The Morgan fingerprint density at radius 2 is 2.33 bits per heavy atom. The molecule has 0 unspecified atom stereocenters. The van der Waals surface area contributed by atoms with E-state index in [2.05, 4.69) is 17.6 Å². The van der Waals surface area contributed by atoms with E-state index in [0.29, 0.717) is 6.61 Å². The fourth-order valence-corrected chi connectivity index (χ4v) is 1.25. The van der Waals surface area contributed by atoms with Crippen LogP contribution in [0.4, 0.5) is 5.82 Å². The highest BCUT2D eigenvalue weighted by Gasteiger charge is 2.14. The second kappa shape index (κ2) is 6.23. The van der Waals surface area contributed by atoms with Crippen molar-refractivity contribution in [3.05, 3.63) is 28.4 Å². The molecule has 15 heavy (non-hydrogen) atoms. The smallest absolute Gasteiger partial charge is 0.406 e. The number of ether oxygens (including phenoxy) is 1. The van der Waals surface area contributed by atoms with Crippen molar-refractivity contribution in [2.75, 3.05) is 12.4 Å². The zero-order valence-electron chi connectivity index (χ0n) is 8.13. The lowest BCUT2D eigenvalue weighted by atomic mass is 10.3. The Kier molecular flexibility index (Phi) is 4.89. The lowest BCUT2D eigenvalue weighted by Gasteiger charge is -2.04. The van der Waals surface area contributed by atoms with Gasteiger partial charge in [-0.05, 0) is 40.6 Å². The van der Waals surface area contributed by atoms with Crippen LogP contribution in [0.2, 0.25) is 0 Å². The molecule has 0 saturated heterocycles. The molecule has 82 valence electrons.